The molecule has 4 heteroatoms. The van der Waals surface area contributed by atoms with E-state index in [1.54, 1.807) is 0 Å². The number of nitrogens with zero attached hydrogens (tertiary/aromatic N) is 2. The maximum Gasteiger partial charge on any atom is 0.163 e. The molecule has 0 aliphatic rings. The SMILES string of the molecule is CCNc1nc(-c2ccccc2Cl)nc(CC)c1C. The van der Waals surface area contributed by atoms with E-state index in [4.69, 9.17) is 11.6 Å². The molecule has 0 saturated heterocycles. The third-order valence-electron chi connectivity index (χ3n) is 3.04. The number of rotatable bonds is 4. The van der Waals surface area contributed by atoms with E-state index in [2.05, 4.69) is 29.1 Å². The monoisotopic (exact) mass is 275 g/mol. The summed E-state index contributed by atoms with van der Waals surface area (Å²) in [5.74, 6) is 1.58. The second-order valence-corrected chi connectivity index (χ2v) is 4.74. The summed E-state index contributed by atoms with van der Waals surface area (Å²) in [6.07, 6.45) is 0.879. The van der Waals surface area contributed by atoms with Crippen molar-refractivity contribution in [2.45, 2.75) is 27.2 Å². The first-order valence-electron chi connectivity index (χ1n) is 6.53. The van der Waals surface area contributed by atoms with Gasteiger partial charge < -0.3 is 5.32 Å². The molecule has 0 bridgehead atoms. The molecule has 1 aromatic heterocycles. The van der Waals surface area contributed by atoms with Crippen LogP contribution in [0.3, 0.4) is 0 Å². The Morgan fingerprint density at radius 1 is 1.16 bits per heavy atom. The predicted molar refractivity (Wildman–Crippen MR) is 80.8 cm³/mol. The van der Waals surface area contributed by atoms with Crippen LogP contribution in [0, 0.1) is 6.92 Å². The number of hydrogen-bond acceptors (Lipinski definition) is 3. The average molecular weight is 276 g/mol. The lowest BCUT2D eigenvalue weighted by atomic mass is 10.1. The number of hydrogen-bond donors (Lipinski definition) is 1. The van der Waals surface area contributed by atoms with E-state index >= 15 is 0 Å². The minimum absolute atomic E-state index is 0.677. The fourth-order valence-corrected chi connectivity index (χ4v) is 2.23. The van der Waals surface area contributed by atoms with E-state index in [-0.39, 0.29) is 0 Å². The summed E-state index contributed by atoms with van der Waals surface area (Å²) in [6, 6.07) is 7.66. The summed E-state index contributed by atoms with van der Waals surface area (Å²) in [5, 5.41) is 3.96. The van der Waals surface area contributed by atoms with Gasteiger partial charge in [0.2, 0.25) is 0 Å². The van der Waals surface area contributed by atoms with Crippen LogP contribution in [0.2, 0.25) is 5.02 Å². The lowest BCUT2D eigenvalue weighted by Gasteiger charge is -2.13. The molecule has 0 aliphatic heterocycles. The summed E-state index contributed by atoms with van der Waals surface area (Å²) < 4.78 is 0. The number of nitrogens with one attached hydrogen (secondary N) is 1. The van der Waals surface area contributed by atoms with E-state index in [1.807, 2.05) is 31.2 Å². The molecular formula is C15H18ClN3. The summed E-state index contributed by atoms with van der Waals surface area (Å²) in [6.45, 7) is 7.04. The standard InChI is InChI=1S/C15H18ClN3/c1-4-13-10(3)14(17-5-2)19-15(18-13)11-8-6-7-9-12(11)16/h6-9H,4-5H2,1-3H3,(H,17,18,19). The molecule has 3 nitrogen and oxygen atoms in total. The zero-order chi connectivity index (χ0) is 13.8. The maximum absolute atomic E-state index is 6.22. The van der Waals surface area contributed by atoms with Gasteiger partial charge in [0, 0.05) is 23.4 Å². The molecule has 0 aliphatic carbocycles. The van der Waals surface area contributed by atoms with Crippen LogP contribution in [-0.4, -0.2) is 16.5 Å². The lowest BCUT2D eigenvalue weighted by Crippen LogP contribution is -2.07. The molecule has 0 unspecified atom stereocenters. The van der Waals surface area contributed by atoms with E-state index in [9.17, 15) is 0 Å². The molecular weight excluding hydrogens is 258 g/mol. The quantitative estimate of drug-likeness (QED) is 0.913. The Kier molecular flexibility index (Phi) is 4.38. The average Bonchev–Trinajstić information content (AvgIpc) is 2.42. The van der Waals surface area contributed by atoms with Crippen LogP contribution in [-0.2, 0) is 6.42 Å². The molecule has 1 heterocycles. The van der Waals surface area contributed by atoms with E-state index in [0.29, 0.717) is 10.8 Å². The van der Waals surface area contributed by atoms with Crippen LogP contribution in [0.4, 0.5) is 5.82 Å². The first-order chi connectivity index (χ1) is 9.17. The third kappa shape index (κ3) is 2.87. The molecule has 0 radical (unpaired) electrons. The second-order valence-electron chi connectivity index (χ2n) is 4.33. The highest BCUT2D eigenvalue weighted by molar-refractivity contribution is 6.33. The fraction of sp³-hybridized carbons (Fsp3) is 0.333. The van der Waals surface area contributed by atoms with Crippen molar-refractivity contribution in [3.05, 3.63) is 40.5 Å². The van der Waals surface area contributed by atoms with Gasteiger partial charge in [0.15, 0.2) is 5.82 Å². The molecule has 2 aromatic rings. The smallest absolute Gasteiger partial charge is 0.163 e. The van der Waals surface area contributed by atoms with Crippen molar-refractivity contribution in [1.82, 2.24) is 9.97 Å². The summed E-state index contributed by atoms with van der Waals surface area (Å²) in [5.41, 5.74) is 3.04. The maximum atomic E-state index is 6.22. The summed E-state index contributed by atoms with van der Waals surface area (Å²) in [7, 11) is 0. The highest BCUT2D eigenvalue weighted by Crippen LogP contribution is 2.27. The van der Waals surface area contributed by atoms with Crippen LogP contribution in [0.5, 0.6) is 0 Å². The summed E-state index contributed by atoms with van der Waals surface area (Å²) >= 11 is 6.22. The number of anilines is 1. The van der Waals surface area contributed by atoms with Gasteiger partial charge in [0.05, 0.1) is 5.02 Å². The topological polar surface area (TPSA) is 37.8 Å². The van der Waals surface area contributed by atoms with Crippen molar-refractivity contribution in [3.63, 3.8) is 0 Å². The molecule has 0 atom stereocenters. The Labute approximate surface area is 119 Å². The Hall–Kier alpha value is -1.61. The molecule has 19 heavy (non-hydrogen) atoms. The van der Waals surface area contributed by atoms with Crippen LogP contribution >= 0.6 is 11.6 Å². The molecule has 1 N–H and O–H groups in total. The van der Waals surface area contributed by atoms with Gasteiger partial charge in [-0.1, -0.05) is 30.7 Å². The largest absolute Gasteiger partial charge is 0.370 e. The second kappa shape index (κ2) is 6.02. The van der Waals surface area contributed by atoms with Crippen molar-refractivity contribution in [2.75, 3.05) is 11.9 Å². The Morgan fingerprint density at radius 3 is 2.53 bits per heavy atom. The molecule has 0 amide bonds. The normalized spacial score (nSPS) is 10.5. The van der Waals surface area contributed by atoms with Crippen LogP contribution in [0.1, 0.15) is 25.1 Å². The van der Waals surface area contributed by atoms with E-state index in [0.717, 1.165) is 35.6 Å². The van der Waals surface area contributed by atoms with Crippen molar-refractivity contribution < 1.29 is 0 Å². The third-order valence-corrected chi connectivity index (χ3v) is 3.37. The van der Waals surface area contributed by atoms with Crippen molar-refractivity contribution in [2.24, 2.45) is 0 Å². The fourth-order valence-electron chi connectivity index (χ4n) is 2.01. The van der Waals surface area contributed by atoms with Crippen LogP contribution in [0.25, 0.3) is 11.4 Å². The van der Waals surface area contributed by atoms with Gasteiger partial charge in [-0.05, 0) is 32.4 Å². The van der Waals surface area contributed by atoms with E-state index < -0.39 is 0 Å². The van der Waals surface area contributed by atoms with Gasteiger partial charge in [-0.15, -0.1) is 0 Å². The van der Waals surface area contributed by atoms with Gasteiger partial charge in [-0.3, -0.25) is 0 Å². The summed E-state index contributed by atoms with van der Waals surface area (Å²) in [4.78, 5) is 9.22. The van der Waals surface area contributed by atoms with E-state index in [1.165, 1.54) is 0 Å². The van der Waals surface area contributed by atoms with Gasteiger partial charge in [0.25, 0.3) is 0 Å². The van der Waals surface area contributed by atoms with Crippen molar-refractivity contribution in [3.8, 4) is 11.4 Å². The minimum atomic E-state index is 0.677. The molecule has 1 aromatic carbocycles. The van der Waals surface area contributed by atoms with Gasteiger partial charge in [-0.2, -0.15) is 0 Å². The van der Waals surface area contributed by atoms with Crippen molar-refractivity contribution in [1.29, 1.82) is 0 Å². The van der Waals surface area contributed by atoms with Crippen molar-refractivity contribution >= 4 is 17.4 Å². The molecule has 2 rings (SSSR count). The van der Waals surface area contributed by atoms with Crippen LogP contribution < -0.4 is 5.32 Å². The highest BCUT2D eigenvalue weighted by atomic mass is 35.5. The first kappa shape index (κ1) is 13.8. The first-order valence-corrected chi connectivity index (χ1v) is 6.91. The molecule has 0 saturated carbocycles. The number of aryl methyl sites for hydroxylation is 1. The highest BCUT2D eigenvalue weighted by Gasteiger charge is 2.12. The number of aromatic nitrogens is 2. The van der Waals surface area contributed by atoms with Gasteiger partial charge in [-0.25, -0.2) is 9.97 Å². The predicted octanol–water partition coefficient (Wildman–Crippen LogP) is 4.10. The zero-order valence-electron chi connectivity index (χ0n) is 11.5. The van der Waals surface area contributed by atoms with Gasteiger partial charge >= 0.3 is 0 Å². The van der Waals surface area contributed by atoms with Crippen LogP contribution in [0.15, 0.2) is 24.3 Å². The Balaban J connectivity index is 2.58. The number of benzene rings is 1. The number of halogens is 1. The Morgan fingerprint density at radius 2 is 1.89 bits per heavy atom. The van der Waals surface area contributed by atoms with Gasteiger partial charge in [0.1, 0.15) is 5.82 Å². The zero-order valence-corrected chi connectivity index (χ0v) is 12.3. The molecule has 100 valence electrons. The molecule has 0 spiro atoms. The minimum Gasteiger partial charge on any atom is -0.370 e. The Bertz CT molecular complexity index is 582. The lowest BCUT2D eigenvalue weighted by molar-refractivity contribution is 0.970. The molecule has 0 fully saturated rings.